The van der Waals surface area contributed by atoms with E-state index >= 15 is 0 Å². The molecule has 0 aliphatic heterocycles. The van der Waals surface area contributed by atoms with Gasteiger partial charge in [0.15, 0.2) is 0 Å². The van der Waals surface area contributed by atoms with E-state index in [0.717, 1.165) is 5.56 Å². The quantitative estimate of drug-likeness (QED) is 0.905. The standard InChI is InChI=1S/C12H12ClN3O/c1-14-10-6-12(17)16(15-7-10)8-9-4-2-3-5-11(9)13/h2-7,14H,8H2,1H3. The fourth-order valence-electron chi connectivity index (χ4n) is 1.48. The van der Waals surface area contributed by atoms with Gasteiger partial charge in [0.25, 0.3) is 5.56 Å². The summed E-state index contributed by atoms with van der Waals surface area (Å²) in [6.07, 6.45) is 1.61. The summed E-state index contributed by atoms with van der Waals surface area (Å²) in [5.41, 5.74) is 1.42. The first-order chi connectivity index (χ1) is 8.20. The molecule has 0 saturated heterocycles. The first-order valence-electron chi connectivity index (χ1n) is 5.19. The second-order valence-corrected chi connectivity index (χ2v) is 3.99. The van der Waals surface area contributed by atoms with Crippen LogP contribution in [-0.4, -0.2) is 16.8 Å². The van der Waals surface area contributed by atoms with E-state index in [9.17, 15) is 4.79 Å². The molecule has 2 aromatic rings. The van der Waals surface area contributed by atoms with Crippen LogP contribution in [0.25, 0.3) is 0 Å². The van der Waals surface area contributed by atoms with Crippen molar-refractivity contribution in [3.63, 3.8) is 0 Å². The number of halogens is 1. The third-order valence-corrected chi connectivity index (χ3v) is 2.80. The van der Waals surface area contributed by atoms with Crippen molar-refractivity contribution in [3.05, 3.63) is 57.5 Å². The molecule has 1 aromatic carbocycles. The van der Waals surface area contributed by atoms with Gasteiger partial charge in [-0.15, -0.1) is 0 Å². The van der Waals surface area contributed by atoms with Crippen LogP contribution in [0, 0.1) is 0 Å². The highest BCUT2D eigenvalue weighted by atomic mass is 35.5. The van der Waals surface area contributed by atoms with Gasteiger partial charge < -0.3 is 5.32 Å². The third-order valence-electron chi connectivity index (χ3n) is 2.44. The van der Waals surface area contributed by atoms with E-state index in [2.05, 4.69) is 10.4 Å². The van der Waals surface area contributed by atoms with Crippen LogP contribution < -0.4 is 10.9 Å². The highest BCUT2D eigenvalue weighted by molar-refractivity contribution is 6.31. The molecule has 0 amide bonds. The summed E-state index contributed by atoms with van der Waals surface area (Å²) in [5, 5.41) is 7.57. The van der Waals surface area contributed by atoms with Gasteiger partial charge >= 0.3 is 0 Å². The van der Waals surface area contributed by atoms with E-state index < -0.39 is 0 Å². The molecule has 17 heavy (non-hydrogen) atoms. The summed E-state index contributed by atoms with van der Waals surface area (Å²) in [6, 6.07) is 8.91. The van der Waals surface area contributed by atoms with E-state index in [1.165, 1.54) is 10.7 Å². The summed E-state index contributed by atoms with van der Waals surface area (Å²) in [6.45, 7) is 0.377. The average Bonchev–Trinajstić information content (AvgIpc) is 2.34. The maximum absolute atomic E-state index is 11.7. The van der Waals surface area contributed by atoms with Gasteiger partial charge in [-0.05, 0) is 11.6 Å². The number of rotatable bonds is 3. The molecule has 2 rings (SSSR count). The molecule has 0 aliphatic rings. The number of benzene rings is 1. The molecule has 0 atom stereocenters. The van der Waals surface area contributed by atoms with Crippen molar-refractivity contribution in [2.45, 2.75) is 6.54 Å². The predicted molar refractivity (Wildman–Crippen MR) is 68.6 cm³/mol. The molecule has 0 spiro atoms. The Kier molecular flexibility index (Phi) is 3.44. The lowest BCUT2D eigenvalue weighted by Crippen LogP contribution is -2.22. The molecule has 0 saturated carbocycles. The van der Waals surface area contributed by atoms with Crippen LogP contribution in [0.4, 0.5) is 5.69 Å². The summed E-state index contributed by atoms with van der Waals surface area (Å²) >= 11 is 6.03. The Morgan fingerprint density at radius 1 is 1.41 bits per heavy atom. The maximum atomic E-state index is 11.7. The van der Waals surface area contributed by atoms with Gasteiger partial charge in [0.05, 0.1) is 18.4 Å². The van der Waals surface area contributed by atoms with Crippen molar-refractivity contribution in [3.8, 4) is 0 Å². The van der Waals surface area contributed by atoms with Crippen LogP contribution >= 0.6 is 11.6 Å². The lowest BCUT2D eigenvalue weighted by molar-refractivity contribution is 0.640. The molecule has 0 bridgehead atoms. The van der Waals surface area contributed by atoms with Crippen LogP contribution in [0.2, 0.25) is 5.02 Å². The smallest absolute Gasteiger partial charge is 0.269 e. The fourth-order valence-corrected chi connectivity index (χ4v) is 1.67. The monoisotopic (exact) mass is 249 g/mol. The van der Waals surface area contributed by atoms with Crippen molar-refractivity contribution in [1.82, 2.24) is 9.78 Å². The molecular formula is C12H12ClN3O. The van der Waals surface area contributed by atoms with Gasteiger partial charge in [-0.2, -0.15) is 5.10 Å². The number of hydrogen-bond donors (Lipinski definition) is 1. The van der Waals surface area contributed by atoms with Crippen LogP contribution in [0.5, 0.6) is 0 Å². The normalized spacial score (nSPS) is 10.2. The van der Waals surface area contributed by atoms with Gasteiger partial charge in [-0.25, -0.2) is 4.68 Å². The predicted octanol–water partition coefficient (Wildman–Crippen LogP) is 1.99. The Balaban J connectivity index is 2.31. The largest absolute Gasteiger partial charge is 0.387 e. The number of hydrogen-bond acceptors (Lipinski definition) is 3. The molecule has 4 nitrogen and oxygen atoms in total. The number of anilines is 1. The van der Waals surface area contributed by atoms with Gasteiger partial charge in [-0.1, -0.05) is 29.8 Å². The number of nitrogens with zero attached hydrogens (tertiary/aromatic N) is 2. The molecule has 5 heteroatoms. The van der Waals surface area contributed by atoms with Crippen molar-refractivity contribution in [1.29, 1.82) is 0 Å². The van der Waals surface area contributed by atoms with Crippen molar-refractivity contribution in [2.75, 3.05) is 12.4 Å². The Labute approximate surface area is 104 Å². The third kappa shape index (κ3) is 2.65. The topological polar surface area (TPSA) is 46.9 Å². The first kappa shape index (κ1) is 11.7. The van der Waals surface area contributed by atoms with E-state index in [0.29, 0.717) is 17.3 Å². The molecule has 0 radical (unpaired) electrons. The molecule has 88 valence electrons. The molecule has 0 fully saturated rings. The lowest BCUT2D eigenvalue weighted by Gasteiger charge is -2.07. The highest BCUT2D eigenvalue weighted by Gasteiger charge is 2.03. The van der Waals surface area contributed by atoms with E-state index in [-0.39, 0.29) is 5.56 Å². The average molecular weight is 250 g/mol. The van der Waals surface area contributed by atoms with Crippen LogP contribution in [-0.2, 0) is 6.54 Å². The van der Waals surface area contributed by atoms with Gasteiger partial charge in [0.1, 0.15) is 0 Å². The minimum Gasteiger partial charge on any atom is -0.387 e. The fraction of sp³-hybridized carbons (Fsp3) is 0.167. The van der Waals surface area contributed by atoms with Crippen LogP contribution in [0.15, 0.2) is 41.3 Å². The Morgan fingerprint density at radius 3 is 2.82 bits per heavy atom. The first-order valence-corrected chi connectivity index (χ1v) is 5.57. The zero-order chi connectivity index (χ0) is 12.3. The van der Waals surface area contributed by atoms with Crippen LogP contribution in [0.3, 0.4) is 0 Å². The zero-order valence-electron chi connectivity index (χ0n) is 9.35. The second kappa shape index (κ2) is 5.01. The number of aromatic nitrogens is 2. The SMILES string of the molecule is CNc1cnn(Cc2ccccc2Cl)c(=O)c1. The summed E-state index contributed by atoms with van der Waals surface area (Å²) in [5.74, 6) is 0. The maximum Gasteiger partial charge on any atom is 0.269 e. The summed E-state index contributed by atoms with van der Waals surface area (Å²) < 4.78 is 1.38. The van der Waals surface area contributed by atoms with Crippen molar-refractivity contribution in [2.24, 2.45) is 0 Å². The molecule has 0 aliphatic carbocycles. The minimum atomic E-state index is -0.156. The van der Waals surface area contributed by atoms with E-state index in [1.54, 1.807) is 19.3 Å². The van der Waals surface area contributed by atoms with E-state index in [4.69, 9.17) is 11.6 Å². The minimum absolute atomic E-state index is 0.156. The molecule has 0 unspecified atom stereocenters. The summed E-state index contributed by atoms with van der Waals surface area (Å²) in [4.78, 5) is 11.7. The molecular weight excluding hydrogens is 238 g/mol. The van der Waals surface area contributed by atoms with Gasteiger partial charge in [0.2, 0.25) is 0 Å². The Bertz CT molecular complexity index is 580. The molecule has 1 N–H and O–H groups in total. The number of nitrogens with one attached hydrogen (secondary N) is 1. The van der Waals surface area contributed by atoms with E-state index in [1.807, 2.05) is 18.2 Å². The second-order valence-electron chi connectivity index (χ2n) is 3.58. The zero-order valence-corrected chi connectivity index (χ0v) is 10.1. The Morgan fingerprint density at radius 2 is 2.18 bits per heavy atom. The van der Waals surface area contributed by atoms with Gasteiger partial charge in [0, 0.05) is 18.1 Å². The highest BCUT2D eigenvalue weighted by Crippen LogP contribution is 2.15. The Hall–Kier alpha value is -1.81. The van der Waals surface area contributed by atoms with Gasteiger partial charge in [-0.3, -0.25) is 4.79 Å². The molecule has 1 heterocycles. The molecule has 1 aromatic heterocycles. The summed E-state index contributed by atoms with van der Waals surface area (Å²) in [7, 11) is 1.74. The van der Waals surface area contributed by atoms with Crippen molar-refractivity contribution >= 4 is 17.3 Å². The lowest BCUT2D eigenvalue weighted by atomic mass is 10.2. The van der Waals surface area contributed by atoms with Crippen molar-refractivity contribution < 1.29 is 0 Å². The van der Waals surface area contributed by atoms with Crippen LogP contribution in [0.1, 0.15) is 5.56 Å².